The van der Waals surface area contributed by atoms with E-state index in [1.54, 1.807) is 26.0 Å². The number of methoxy groups -OCH3 is 1. The number of nitrogens with zero attached hydrogens (tertiary/aromatic N) is 1. The van der Waals surface area contributed by atoms with Crippen molar-refractivity contribution in [1.29, 1.82) is 0 Å². The second kappa shape index (κ2) is 10.2. The Kier molecular flexibility index (Phi) is 6.44. The molecule has 6 aromatic rings. The van der Waals surface area contributed by atoms with E-state index in [-0.39, 0.29) is 5.43 Å². The number of carbonyl (C=O) groups is 1. The Morgan fingerprint density at radius 1 is 0.932 bits per heavy atom. The Balaban J connectivity index is 1.32. The summed E-state index contributed by atoms with van der Waals surface area (Å²) in [6.07, 6.45) is 0.682. The molecule has 1 aliphatic rings. The fraction of sp³-hybridized carbons (Fsp3) is 0.189. The molecule has 1 aliphatic heterocycles. The van der Waals surface area contributed by atoms with Gasteiger partial charge in [-0.05, 0) is 65.2 Å². The van der Waals surface area contributed by atoms with Gasteiger partial charge in [-0.25, -0.2) is 4.79 Å². The number of pyridine rings is 1. The molecule has 2 atom stereocenters. The molecule has 0 bridgehead atoms. The zero-order valence-corrected chi connectivity index (χ0v) is 24.8. The molecule has 0 amide bonds. The Hall–Kier alpha value is -5.14. The number of aliphatic hydroxyl groups is 1. The molecule has 0 aliphatic carbocycles. The second-order valence-electron chi connectivity index (χ2n) is 11.8. The van der Waals surface area contributed by atoms with Crippen LogP contribution in [0.5, 0.6) is 11.5 Å². The van der Waals surface area contributed by atoms with Crippen LogP contribution in [0.25, 0.3) is 49.4 Å². The minimum absolute atomic E-state index is 0.220. The van der Waals surface area contributed by atoms with Crippen LogP contribution in [0.2, 0.25) is 0 Å². The van der Waals surface area contributed by atoms with Gasteiger partial charge < -0.3 is 23.9 Å². The quantitative estimate of drug-likeness (QED) is 0.139. The number of hydrogen-bond acceptors (Lipinski definition) is 6. The molecule has 0 spiro atoms. The Morgan fingerprint density at radius 2 is 1.59 bits per heavy atom. The number of fused-ring (bicyclic) bond motifs is 6. The fourth-order valence-electron chi connectivity index (χ4n) is 6.40. The lowest BCUT2D eigenvalue weighted by Gasteiger charge is -2.42. The third-order valence-corrected chi connectivity index (χ3v) is 8.59. The molecule has 7 rings (SSSR count). The number of aryl methyl sites for hydroxylation is 1. The lowest BCUT2D eigenvalue weighted by Crippen LogP contribution is -2.51. The number of hydrogen-bond donors (Lipinski definition) is 1. The number of carbonyl (C=O) groups excluding carboxylic acids is 1. The zero-order valence-electron chi connectivity index (χ0n) is 24.8. The summed E-state index contributed by atoms with van der Waals surface area (Å²) in [6.45, 7) is 3.51. The van der Waals surface area contributed by atoms with Gasteiger partial charge >= 0.3 is 5.97 Å². The molecule has 7 heteroatoms. The first-order valence-corrected chi connectivity index (χ1v) is 14.5. The van der Waals surface area contributed by atoms with E-state index in [1.165, 1.54) is 13.2 Å². The van der Waals surface area contributed by atoms with Crippen molar-refractivity contribution < 1.29 is 24.1 Å². The van der Waals surface area contributed by atoms with Gasteiger partial charge in [-0.15, -0.1) is 0 Å². The van der Waals surface area contributed by atoms with Crippen molar-refractivity contribution in [2.45, 2.75) is 31.7 Å². The van der Waals surface area contributed by atoms with Crippen LogP contribution in [-0.4, -0.2) is 34.5 Å². The summed E-state index contributed by atoms with van der Waals surface area (Å²) in [5, 5.41) is 16.8. The minimum atomic E-state index is -1.29. The highest BCUT2D eigenvalue weighted by Crippen LogP contribution is 2.47. The maximum Gasteiger partial charge on any atom is 0.331 e. The Bertz CT molecular complexity index is 2230. The maximum absolute atomic E-state index is 14.0. The molecule has 0 radical (unpaired) electrons. The first kappa shape index (κ1) is 27.7. The average Bonchev–Trinajstić information content (AvgIpc) is 3.02. The number of benzene rings is 5. The monoisotopic (exact) mass is 585 g/mol. The van der Waals surface area contributed by atoms with Gasteiger partial charge in [-0.2, -0.15) is 0 Å². The summed E-state index contributed by atoms with van der Waals surface area (Å²) >= 11 is 0. The van der Waals surface area contributed by atoms with E-state index >= 15 is 0 Å². The van der Waals surface area contributed by atoms with E-state index in [9.17, 15) is 14.7 Å². The number of esters is 1. The molecule has 0 saturated carbocycles. The van der Waals surface area contributed by atoms with Crippen molar-refractivity contribution in [2.24, 2.45) is 7.05 Å². The standard InChI is InChI=1S/C37H31NO6/c1-37(2)36(43-30(39)16-14-21-13-15-22-9-5-6-10-23(22)17-21)35(41)32-29(44-37)20-28(42-4)31-33(32)38(3)27-19-25-12-8-7-11-24(25)18-26(27)34(31)40/h5-20,35-36,41H,1-4H3/t35-,36-/m1/s1. The van der Waals surface area contributed by atoms with Crippen LogP contribution in [0.15, 0.2) is 95.8 Å². The van der Waals surface area contributed by atoms with Gasteiger partial charge in [0.15, 0.2) is 6.10 Å². The average molecular weight is 586 g/mol. The second-order valence-corrected chi connectivity index (χ2v) is 11.8. The Morgan fingerprint density at radius 3 is 2.30 bits per heavy atom. The molecule has 5 aromatic carbocycles. The van der Waals surface area contributed by atoms with Crippen molar-refractivity contribution in [2.75, 3.05) is 7.11 Å². The number of aromatic nitrogens is 1. The highest BCUT2D eigenvalue weighted by Gasteiger charge is 2.47. The summed E-state index contributed by atoms with van der Waals surface area (Å²) in [5.74, 6) is 0.0816. The molecule has 0 unspecified atom stereocenters. The smallest absolute Gasteiger partial charge is 0.331 e. The summed E-state index contributed by atoms with van der Waals surface area (Å²) in [7, 11) is 3.35. The SMILES string of the molecule is COc1cc2c(c3c1c(=O)c1cc4ccccc4cc1n3C)[C@@H](O)[C@@H](OC(=O)C=Cc1ccc3ccccc3c1)C(C)(C)O2. The summed E-state index contributed by atoms with van der Waals surface area (Å²) in [6, 6.07) is 27.2. The number of rotatable bonds is 4. The summed E-state index contributed by atoms with van der Waals surface area (Å²) in [4.78, 5) is 27.2. The first-order chi connectivity index (χ1) is 21.2. The van der Waals surface area contributed by atoms with Crippen LogP contribution in [0, 0.1) is 0 Å². The van der Waals surface area contributed by atoms with Crippen molar-refractivity contribution in [3.63, 3.8) is 0 Å². The molecule has 1 N–H and O–H groups in total. The molecule has 220 valence electrons. The van der Waals surface area contributed by atoms with Crippen molar-refractivity contribution in [3.8, 4) is 11.5 Å². The Labute approximate surface area is 253 Å². The van der Waals surface area contributed by atoms with Gasteiger partial charge in [0, 0.05) is 24.6 Å². The summed E-state index contributed by atoms with van der Waals surface area (Å²) < 4.78 is 19.8. The van der Waals surface area contributed by atoms with Gasteiger partial charge in [0.2, 0.25) is 5.43 Å². The van der Waals surface area contributed by atoms with E-state index in [4.69, 9.17) is 14.2 Å². The van der Waals surface area contributed by atoms with Crippen LogP contribution >= 0.6 is 0 Å². The normalized spacial score (nSPS) is 17.7. The molecule has 2 heterocycles. The van der Waals surface area contributed by atoms with E-state index in [0.29, 0.717) is 38.9 Å². The van der Waals surface area contributed by atoms with Crippen LogP contribution in [-0.2, 0) is 16.6 Å². The van der Waals surface area contributed by atoms with Crippen LogP contribution < -0.4 is 14.9 Å². The molecule has 44 heavy (non-hydrogen) atoms. The van der Waals surface area contributed by atoms with Crippen molar-refractivity contribution in [3.05, 3.63) is 112 Å². The minimum Gasteiger partial charge on any atom is -0.496 e. The number of ether oxygens (including phenoxy) is 3. The molecule has 1 aromatic heterocycles. The molecular formula is C37H31NO6. The number of aliphatic hydroxyl groups excluding tert-OH is 1. The van der Waals surface area contributed by atoms with Gasteiger partial charge in [0.05, 0.1) is 29.1 Å². The van der Waals surface area contributed by atoms with E-state index < -0.39 is 23.8 Å². The fourth-order valence-corrected chi connectivity index (χ4v) is 6.40. The molecule has 0 fully saturated rings. The van der Waals surface area contributed by atoms with E-state index in [2.05, 4.69) is 0 Å². The largest absolute Gasteiger partial charge is 0.496 e. The topological polar surface area (TPSA) is 87.0 Å². The first-order valence-electron chi connectivity index (χ1n) is 14.5. The third kappa shape index (κ3) is 4.39. The van der Waals surface area contributed by atoms with Gasteiger partial charge in [0.25, 0.3) is 0 Å². The van der Waals surface area contributed by atoms with Crippen molar-refractivity contribution in [1.82, 2.24) is 4.57 Å². The highest BCUT2D eigenvalue weighted by atomic mass is 16.6. The molecule has 0 saturated heterocycles. The summed E-state index contributed by atoms with van der Waals surface area (Å²) in [5.41, 5.74) is 1.05. The predicted molar refractivity (Wildman–Crippen MR) is 173 cm³/mol. The van der Waals surface area contributed by atoms with Crippen LogP contribution in [0.4, 0.5) is 0 Å². The van der Waals surface area contributed by atoms with Crippen molar-refractivity contribution >= 4 is 55.4 Å². The van der Waals surface area contributed by atoms with Gasteiger partial charge in [-0.3, -0.25) is 4.79 Å². The van der Waals surface area contributed by atoms with Gasteiger partial charge in [-0.1, -0.05) is 60.7 Å². The maximum atomic E-state index is 14.0. The van der Waals surface area contributed by atoms with Crippen LogP contribution in [0.1, 0.15) is 31.1 Å². The molecule has 7 nitrogen and oxygen atoms in total. The molecular weight excluding hydrogens is 554 g/mol. The zero-order chi connectivity index (χ0) is 30.7. The lowest BCUT2D eigenvalue weighted by molar-refractivity contribution is -0.171. The highest BCUT2D eigenvalue weighted by molar-refractivity contribution is 6.04. The third-order valence-electron chi connectivity index (χ3n) is 8.59. The van der Waals surface area contributed by atoms with E-state index in [1.807, 2.05) is 90.5 Å². The van der Waals surface area contributed by atoms with Gasteiger partial charge in [0.1, 0.15) is 23.2 Å². The van der Waals surface area contributed by atoms with Crippen LogP contribution in [0.3, 0.4) is 0 Å². The van der Waals surface area contributed by atoms with E-state index in [0.717, 1.165) is 27.1 Å². The predicted octanol–water partition coefficient (Wildman–Crippen LogP) is 6.84. The lowest BCUT2D eigenvalue weighted by atomic mass is 9.86.